The molecule has 0 aromatic heterocycles. The Kier molecular flexibility index (Phi) is 3.54. The lowest BCUT2D eigenvalue weighted by atomic mass is 9.85. The lowest BCUT2D eigenvalue weighted by Gasteiger charge is -2.33. The van der Waals surface area contributed by atoms with Crippen molar-refractivity contribution in [2.45, 2.75) is 38.5 Å². The van der Waals surface area contributed by atoms with Crippen LogP contribution in [-0.2, 0) is 27.8 Å². The third kappa shape index (κ3) is 2.35. The number of hydrogen-bond acceptors (Lipinski definition) is 3. The number of benzene rings is 1. The zero-order valence-corrected chi connectivity index (χ0v) is 14.0. The van der Waals surface area contributed by atoms with Crippen LogP contribution >= 0.6 is 0 Å². The monoisotopic (exact) mass is 314 g/mol. The first-order valence-corrected chi connectivity index (χ1v) is 7.94. The summed E-state index contributed by atoms with van der Waals surface area (Å²) < 4.78 is 0. The second-order valence-electron chi connectivity index (χ2n) is 7.16. The van der Waals surface area contributed by atoms with Gasteiger partial charge in [-0.1, -0.05) is 32.0 Å². The van der Waals surface area contributed by atoms with Crippen LogP contribution in [0.15, 0.2) is 18.2 Å². The largest absolute Gasteiger partial charge is 0.332 e. The second kappa shape index (κ2) is 5.18. The van der Waals surface area contributed by atoms with Crippen molar-refractivity contribution < 1.29 is 14.4 Å². The van der Waals surface area contributed by atoms with Crippen LogP contribution in [0.2, 0.25) is 0 Å². The van der Waals surface area contributed by atoms with Gasteiger partial charge in [0.15, 0.2) is 0 Å². The van der Waals surface area contributed by atoms with Crippen molar-refractivity contribution in [1.82, 2.24) is 9.80 Å². The SMILES string of the molecule is CN1C(=O)C(Cc2cccc3c2CCC3(C)C)C(=O)N(C)C1=O. The fourth-order valence-corrected chi connectivity index (χ4v) is 3.71. The van der Waals surface area contributed by atoms with Gasteiger partial charge < -0.3 is 0 Å². The highest BCUT2D eigenvalue weighted by Crippen LogP contribution is 2.40. The molecule has 122 valence electrons. The summed E-state index contributed by atoms with van der Waals surface area (Å²) in [6, 6.07) is 5.57. The van der Waals surface area contributed by atoms with Gasteiger partial charge in [-0.25, -0.2) is 4.79 Å². The van der Waals surface area contributed by atoms with E-state index in [1.54, 1.807) is 0 Å². The van der Waals surface area contributed by atoms with Gasteiger partial charge in [0, 0.05) is 14.1 Å². The van der Waals surface area contributed by atoms with Crippen LogP contribution in [0.5, 0.6) is 0 Å². The molecular weight excluding hydrogens is 292 g/mol. The quantitative estimate of drug-likeness (QED) is 0.786. The van der Waals surface area contributed by atoms with E-state index in [0.717, 1.165) is 28.2 Å². The molecule has 5 nitrogen and oxygen atoms in total. The molecule has 1 fully saturated rings. The van der Waals surface area contributed by atoms with Crippen LogP contribution < -0.4 is 0 Å². The van der Waals surface area contributed by atoms with Gasteiger partial charge in [-0.15, -0.1) is 0 Å². The summed E-state index contributed by atoms with van der Waals surface area (Å²) in [6.07, 6.45) is 2.40. The maximum absolute atomic E-state index is 12.4. The Morgan fingerprint density at radius 1 is 1.09 bits per heavy atom. The Labute approximate surface area is 136 Å². The van der Waals surface area contributed by atoms with Gasteiger partial charge in [-0.3, -0.25) is 19.4 Å². The van der Waals surface area contributed by atoms with E-state index in [-0.39, 0.29) is 5.41 Å². The molecule has 1 aromatic carbocycles. The van der Waals surface area contributed by atoms with Crippen molar-refractivity contribution in [3.8, 4) is 0 Å². The van der Waals surface area contributed by atoms with Gasteiger partial charge in [0.1, 0.15) is 5.92 Å². The summed E-state index contributed by atoms with van der Waals surface area (Å²) in [5.41, 5.74) is 3.76. The third-order valence-electron chi connectivity index (χ3n) is 5.26. The summed E-state index contributed by atoms with van der Waals surface area (Å²) >= 11 is 0. The normalized spacial score (nSPS) is 21.1. The maximum atomic E-state index is 12.4. The van der Waals surface area contributed by atoms with Gasteiger partial charge in [0.25, 0.3) is 0 Å². The van der Waals surface area contributed by atoms with Gasteiger partial charge in [0.2, 0.25) is 11.8 Å². The van der Waals surface area contributed by atoms with Gasteiger partial charge >= 0.3 is 6.03 Å². The first-order valence-electron chi connectivity index (χ1n) is 7.94. The molecule has 23 heavy (non-hydrogen) atoms. The number of barbiturate groups is 1. The molecular formula is C18H22N2O3. The van der Waals surface area contributed by atoms with E-state index in [0.29, 0.717) is 6.42 Å². The Hall–Kier alpha value is -2.17. The molecule has 0 saturated carbocycles. The van der Waals surface area contributed by atoms with E-state index in [2.05, 4.69) is 19.9 Å². The second-order valence-corrected chi connectivity index (χ2v) is 7.16. The van der Waals surface area contributed by atoms with E-state index in [1.165, 1.54) is 25.2 Å². The van der Waals surface area contributed by atoms with Crippen LogP contribution in [-0.4, -0.2) is 41.7 Å². The molecule has 0 spiro atoms. The molecule has 0 atom stereocenters. The molecule has 1 aliphatic heterocycles. The number of amides is 4. The first-order chi connectivity index (χ1) is 10.7. The van der Waals surface area contributed by atoms with Crippen molar-refractivity contribution in [3.63, 3.8) is 0 Å². The maximum Gasteiger partial charge on any atom is 0.332 e. The summed E-state index contributed by atoms with van der Waals surface area (Å²) in [4.78, 5) is 38.7. The fraction of sp³-hybridized carbons (Fsp3) is 0.500. The van der Waals surface area contributed by atoms with Crippen LogP contribution in [0.25, 0.3) is 0 Å². The number of carbonyl (C=O) groups excluding carboxylic acids is 3. The highest BCUT2D eigenvalue weighted by Gasteiger charge is 2.43. The molecule has 0 radical (unpaired) electrons. The average molecular weight is 314 g/mol. The lowest BCUT2D eigenvalue weighted by molar-refractivity contribution is -0.147. The summed E-state index contributed by atoms with van der Waals surface area (Å²) in [5.74, 6) is -1.63. The number of urea groups is 1. The van der Waals surface area contributed by atoms with E-state index in [4.69, 9.17) is 0 Å². The molecule has 1 aliphatic carbocycles. The Morgan fingerprint density at radius 3 is 2.30 bits per heavy atom. The zero-order chi connectivity index (χ0) is 16.9. The van der Waals surface area contributed by atoms with E-state index in [1.807, 2.05) is 12.1 Å². The van der Waals surface area contributed by atoms with Crippen molar-refractivity contribution in [2.75, 3.05) is 14.1 Å². The highest BCUT2D eigenvalue weighted by atomic mass is 16.2. The van der Waals surface area contributed by atoms with Gasteiger partial charge in [-0.2, -0.15) is 0 Å². The molecule has 0 bridgehead atoms. The number of imide groups is 2. The summed E-state index contributed by atoms with van der Waals surface area (Å²) in [5, 5.41) is 0. The minimum Gasteiger partial charge on any atom is -0.273 e. The molecule has 3 rings (SSSR count). The topological polar surface area (TPSA) is 57.7 Å². The minimum absolute atomic E-state index is 0.134. The van der Waals surface area contributed by atoms with Gasteiger partial charge in [0.05, 0.1) is 0 Å². The summed E-state index contributed by atoms with van der Waals surface area (Å²) in [7, 11) is 2.86. The van der Waals surface area contributed by atoms with Crippen LogP contribution in [0, 0.1) is 5.92 Å². The Balaban J connectivity index is 1.94. The Morgan fingerprint density at radius 2 is 1.70 bits per heavy atom. The fourth-order valence-electron chi connectivity index (χ4n) is 3.71. The molecule has 1 aromatic rings. The minimum atomic E-state index is -0.807. The lowest BCUT2D eigenvalue weighted by Crippen LogP contribution is -2.57. The van der Waals surface area contributed by atoms with Crippen molar-refractivity contribution in [1.29, 1.82) is 0 Å². The van der Waals surface area contributed by atoms with Gasteiger partial charge in [-0.05, 0) is 41.4 Å². The zero-order valence-electron chi connectivity index (χ0n) is 14.0. The number of rotatable bonds is 2. The van der Waals surface area contributed by atoms with Crippen LogP contribution in [0.3, 0.4) is 0 Å². The third-order valence-corrected chi connectivity index (χ3v) is 5.26. The molecule has 1 heterocycles. The molecule has 2 aliphatic rings. The number of nitrogens with zero attached hydrogens (tertiary/aromatic N) is 2. The number of carbonyl (C=O) groups is 3. The molecule has 4 amide bonds. The average Bonchev–Trinajstić information content (AvgIpc) is 2.84. The smallest absolute Gasteiger partial charge is 0.273 e. The standard InChI is InChI=1S/C18H22N2O3/c1-18(2)9-8-12-11(6-5-7-14(12)18)10-13-15(21)19(3)17(23)20(4)16(13)22/h5-7,13H,8-10H2,1-4H3. The summed E-state index contributed by atoms with van der Waals surface area (Å²) in [6.45, 7) is 4.44. The van der Waals surface area contributed by atoms with Crippen molar-refractivity contribution >= 4 is 17.8 Å². The van der Waals surface area contributed by atoms with E-state index >= 15 is 0 Å². The van der Waals surface area contributed by atoms with Crippen molar-refractivity contribution in [3.05, 3.63) is 34.9 Å². The Bertz CT molecular complexity index is 684. The molecule has 0 unspecified atom stereocenters. The van der Waals surface area contributed by atoms with Crippen molar-refractivity contribution in [2.24, 2.45) is 5.92 Å². The van der Waals surface area contributed by atoms with E-state index < -0.39 is 23.8 Å². The van der Waals surface area contributed by atoms with Crippen LogP contribution in [0.4, 0.5) is 4.79 Å². The number of hydrogen-bond donors (Lipinski definition) is 0. The van der Waals surface area contributed by atoms with Crippen LogP contribution in [0.1, 0.15) is 37.0 Å². The molecule has 0 N–H and O–H groups in total. The predicted molar refractivity (Wildman–Crippen MR) is 85.9 cm³/mol. The predicted octanol–water partition coefficient (Wildman–Crippen LogP) is 2.12. The van der Waals surface area contributed by atoms with E-state index in [9.17, 15) is 14.4 Å². The molecule has 5 heteroatoms. The first kappa shape index (κ1) is 15.7. The molecule has 1 saturated heterocycles. The highest BCUT2D eigenvalue weighted by molar-refractivity contribution is 6.15. The number of fused-ring (bicyclic) bond motifs is 1.